The zero-order valence-corrected chi connectivity index (χ0v) is 17.2. The number of nitrogens with one attached hydrogen (secondary N) is 3. The average molecular weight is 413 g/mol. The number of piperidine rings is 1. The summed E-state index contributed by atoms with van der Waals surface area (Å²) < 4.78 is 0. The Morgan fingerprint density at radius 3 is 2.60 bits per heavy atom. The molecule has 4 rings (SSSR count). The normalized spacial score (nSPS) is 26.5. The lowest BCUT2D eigenvalue weighted by Crippen LogP contribution is -2.57. The lowest BCUT2D eigenvalue weighted by Gasteiger charge is -2.36. The van der Waals surface area contributed by atoms with Crippen molar-refractivity contribution in [3.63, 3.8) is 0 Å². The number of imide groups is 1. The molecule has 3 aliphatic rings. The lowest BCUT2D eigenvalue weighted by atomic mass is 10.0. The van der Waals surface area contributed by atoms with Crippen molar-refractivity contribution < 1.29 is 19.2 Å². The van der Waals surface area contributed by atoms with Gasteiger partial charge >= 0.3 is 6.03 Å². The third kappa shape index (κ3) is 4.02. The van der Waals surface area contributed by atoms with E-state index in [9.17, 15) is 19.2 Å². The van der Waals surface area contributed by atoms with E-state index in [1.54, 1.807) is 11.0 Å². The van der Waals surface area contributed by atoms with Gasteiger partial charge in [0.2, 0.25) is 11.8 Å². The monoisotopic (exact) mass is 413 g/mol. The minimum atomic E-state index is -0.623. The van der Waals surface area contributed by atoms with Gasteiger partial charge in [-0.15, -0.1) is 0 Å². The predicted octanol–water partition coefficient (Wildman–Crippen LogP) is 0.339. The number of rotatable bonds is 3. The Balaban J connectivity index is 1.39. The average Bonchev–Trinajstić information content (AvgIpc) is 3.01. The molecule has 1 aromatic carbocycles. The number of fused-ring (bicyclic) bond motifs is 1. The SMILES string of the molecule is C[C@@H]1CN(C(=O)NCc2ccc3c(c2)C(=O)N(C2CCC(=O)NC2=O)C3)C[C@H](C)N1. The quantitative estimate of drug-likeness (QED) is 0.619. The Morgan fingerprint density at radius 2 is 1.90 bits per heavy atom. The summed E-state index contributed by atoms with van der Waals surface area (Å²) in [6, 6.07) is 5.30. The van der Waals surface area contributed by atoms with E-state index >= 15 is 0 Å². The zero-order valence-electron chi connectivity index (χ0n) is 17.2. The van der Waals surface area contributed by atoms with Gasteiger partial charge in [0.1, 0.15) is 6.04 Å². The Bertz CT molecular complexity index is 891. The number of carbonyl (C=O) groups is 4. The standard InChI is InChI=1S/C21H27N5O4/c1-12-9-25(10-13(2)23-12)21(30)22-8-14-3-4-15-11-26(20(29)16(15)7-14)17-5-6-18(27)24-19(17)28/h3-4,7,12-13,17,23H,5-6,8-11H2,1-2H3,(H,22,30)(H,24,27,28)/t12-,13+,17?. The molecule has 0 radical (unpaired) electrons. The third-order valence-corrected chi connectivity index (χ3v) is 5.88. The molecule has 3 heterocycles. The first-order valence-electron chi connectivity index (χ1n) is 10.4. The second kappa shape index (κ2) is 8.06. The van der Waals surface area contributed by atoms with E-state index < -0.39 is 11.9 Å². The fourth-order valence-electron chi connectivity index (χ4n) is 4.49. The van der Waals surface area contributed by atoms with Crippen molar-refractivity contribution in [3.05, 3.63) is 34.9 Å². The van der Waals surface area contributed by atoms with Crippen LogP contribution in [-0.2, 0) is 22.7 Å². The fourth-order valence-corrected chi connectivity index (χ4v) is 4.49. The van der Waals surface area contributed by atoms with E-state index in [1.807, 2.05) is 12.1 Å². The van der Waals surface area contributed by atoms with Crippen molar-refractivity contribution in [1.82, 2.24) is 25.8 Å². The van der Waals surface area contributed by atoms with Crippen molar-refractivity contribution in [2.75, 3.05) is 13.1 Å². The molecule has 2 saturated heterocycles. The number of amides is 5. The topological polar surface area (TPSA) is 111 Å². The van der Waals surface area contributed by atoms with Gasteiger partial charge in [0.15, 0.2) is 0 Å². The molecule has 9 heteroatoms. The van der Waals surface area contributed by atoms with Gasteiger partial charge < -0.3 is 20.4 Å². The molecule has 0 spiro atoms. The molecule has 0 saturated carbocycles. The van der Waals surface area contributed by atoms with Crippen molar-refractivity contribution >= 4 is 23.8 Å². The van der Waals surface area contributed by atoms with Crippen molar-refractivity contribution in [2.24, 2.45) is 0 Å². The Kier molecular flexibility index (Phi) is 5.46. The minimum absolute atomic E-state index is 0.118. The first kappa shape index (κ1) is 20.3. The second-order valence-electron chi connectivity index (χ2n) is 8.42. The molecule has 0 aromatic heterocycles. The molecular formula is C21H27N5O4. The minimum Gasteiger partial charge on any atom is -0.334 e. The van der Waals surface area contributed by atoms with Crippen LogP contribution in [0, 0.1) is 0 Å². The zero-order chi connectivity index (χ0) is 21.4. The maximum absolute atomic E-state index is 12.9. The van der Waals surface area contributed by atoms with E-state index in [1.165, 1.54) is 4.90 Å². The number of carbonyl (C=O) groups excluding carboxylic acids is 4. The molecular weight excluding hydrogens is 386 g/mol. The van der Waals surface area contributed by atoms with Crippen LogP contribution in [-0.4, -0.2) is 64.8 Å². The molecule has 160 valence electrons. The van der Waals surface area contributed by atoms with E-state index in [0.717, 1.165) is 11.1 Å². The van der Waals surface area contributed by atoms with Crippen LogP contribution in [0.25, 0.3) is 0 Å². The molecule has 0 bridgehead atoms. The first-order valence-corrected chi connectivity index (χ1v) is 10.4. The van der Waals surface area contributed by atoms with Crippen LogP contribution < -0.4 is 16.0 Å². The molecule has 2 fully saturated rings. The molecule has 9 nitrogen and oxygen atoms in total. The molecule has 1 unspecified atom stereocenters. The van der Waals surface area contributed by atoms with Gasteiger partial charge in [-0.05, 0) is 37.5 Å². The largest absolute Gasteiger partial charge is 0.334 e. The maximum atomic E-state index is 12.9. The van der Waals surface area contributed by atoms with Gasteiger partial charge in [-0.3, -0.25) is 19.7 Å². The summed E-state index contributed by atoms with van der Waals surface area (Å²) in [5.41, 5.74) is 2.23. The highest BCUT2D eigenvalue weighted by atomic mass is 16.2. The fraction of sp³-hybridized carbons (Fsp3) is 0.524. The highest BCUT2D eigenvalue weighted by Gasteiger charge is 2.39. The third-order valence-electron chi connectivity index (χ3n) is 5.88. The van der Waals surface area contributed by atoms with Crippen LogP contribution in [0.5, 0.6) is 0 Å². The molecule has 30 heavy (non-hydrogen) atoms. The Labute approximate surface area is 175 Å². The summed E-state index contributed by atoms with van der Waals surface area (Å²) in [7, 11) is 0. The van der Waals surface area contributed by atoms with Crippen LogP contribution in [0.2, 0.25) is 0 Å². The Morgan fingerprint density at radius 1 is 1.17 bits per heavy atom. The van der Waals surface area contributed by atoms with Gasteiger partial charge in [0.25, 0.3) is 5.91 Å². The number of hydrogen-bond acceptors (Lipinski definition) is 5. The number of urea groups is 1. The summed E-state index contributed by atoms with van der Waals surface area (Å²) >= 11 is 0. The van der Waals surface area contributed by atoms with Crippen LogP contribution in [0.3, 0.4) is 0 Å². The van der Waals surface area contributed by atoms with Crippen LogP contribution in [0.15, 0.2) is 18.2 Å². The summed E-state index contributed by atoms with van der Waals surface area (Å²) in [5, 5.41) is 8.64. The molecule has 0 aliphatic carbocycles. The summed E-state index contributed by atoms with van der Waals surface area (Å²) in [4.78, 5) is 52.3. The molecule has 3 atom stereocenters. The Hall–Kier alpha value is -2.94. The van der Waals surface area contributed by atoms with Crippen LogP contribution in [0.4, 0.5) is 4.79 Å². The number of hydrogen-bond donors (Lipinski definition) is 3. The lowest BCUT2D eigenvalue weighted by molar-refractivity contribution is -0.136. The summed E-state index contributed by atoms with van der Waals surface area (Å²) in [6.07, 6.45) is 0.575. The number of benzene rings is 1. The van der Waals surface area contributed by atoms with E-state index in [4.69, 9.17) is 0 Å². The maximum Gasteiger partial charge on any atom is 0.317 e. The van der Waals surface area contributed by atoms with E-state index in [-0.39, 0.29) is 36.3 Å². The molecule has 1 aromatic rings. The number of piperazine rings is 1. The van der Waals surface area contributed by atoms with Crippen LogP contribution >= 0.6 is 0 Å². The molecule has 3 aliphatic heterocycles. The predicted molar refractivity (Wildman–Crippen MR) is 108 cm³/mol. The van der Waals surface area contributed by atoms with Gasteiger partial charge in [-0.2, -0.15) is 0 Å². The highest BCUT2D eigenvalue weighted by molar-refractivity contribution is 6.05. The van der Waals surface area contributed by atoms with Gasteiger partial charge in [-0.1, -0.05) is 12.1 Å². The van der Waals surface area contributed by atoms with Gasteiger partial charge in [-0.25, -0.2) is 4.79 Å². The molecule has 3 N–H and O–H groups in total. The first-order chi connectivity index (χ1) is 14.3. The second-order valence-corrected chi connectivity index (χ2v) is 8.42. The summed E-state index contributed by atoms with van der Waals surface area (Å²) in [5.74, 6) is -0.927. The van der Waals surface area contributed by atoms with E-state index in [0.29, 0.717) is 38.2 Å². The van der Waals surface area contributed by atoms with Crippen molar-refractivity contribution in [3.8, 4) is 0 Å². The van der Waals surface area contributed by atoms with E-state index in [2.05, 4.69) is 29.8 Å². The van der Waals surface area contributed by atoms with Crippen LogP contribution in [0.1, 0.15) is 48.2 Å². The van der Waals surface area contributed by atoms with Crippen molar-refractivity contribution in [2.45, 2.75) is 57.9 Å². The number of nitrogens with zero attached hydrogens (tertiary/aromatic N) is 2. The van der Waals surface area contributed by atoms with Gasteiger partial charge in [0.05, 0.1) is 0 Å². The highest BCUT2D eigenvalue weighted by Crippen LogP contribution is 2.28. The summed E-state index contributed by atoms with van der Waals surface area (Å²) in [6.45, 7) is 6.08. The van der Waals surface area contributed by atoms with Gasteiger partial charge in [0, 0.05) is 50.2 Å². The van der Waals surface area contributed by atoms with Crippen molar-refractivity contribution in [1.29, 1.82) is 0 Å². The molecule has 5 amide bonds. The smallest absolute Gasteiger partial charge is 0.317 e.